The summed E-state index contributed by atoms with van der Waals surface area (Å²) in [7, 11) is -7.65. The number of hydrogen-bond donors (Lipinski definition) is 2. The van der Waals surface area contributed by atoms with E-state index in [0.29, 0.717) is 17.0 Å². The number of hydrogen-bond acceptors (Lipinski definition) is 12. The van der Waals surface area contributed by atoms with Crippen molar-refractivity contribution in [2.45, 2.75) is 107 Å². The monoisotopic (exact) mass is 870 g/mol. The second kappa shape index (κ2) is 15.5. The van der Waals surface area contributed by atoms with Crippen LogP contribution in [-0.2, 0) is 33.4 Å². The first-order valence-corrected chi connectivity index (χ1v) is 27.5. The van der Waals surface area contributed by atoms with Crippen LogP contribution in [0.1, 0.15) is 64.5 Å². The van der Waals surface area contributed by atoms with Gasteiger partial charge in [0, 0.05) is 0 Å². The molecule has 0 saturated carbocycles. The third kappa shape index (κ3) is 7.60. The van der Waals surface area contributed by atoms with Gasteiger partial charge in [0.2, 0.25) is 0 Å². The molecular formula is C44H58N6O7SSi2. The number of methoxy groups -OCH3 is 1. The van der Waals surface area contributed by atoms with Gasteiger partial charge in [-0.25, -0.2) is 19.1 Å². The maximum absolute atomic E-state index is 13.4. The van der Waals surface area contributed by atoms with Gasteiger partial charge in [0.25, 0.3) is 10.1 Å². The minimum atomic E-state index is -4.22. The van der Waals surface area contributed by atoms with Gasteiger partial charge >= 0.3 is 0 Å². The highest BCUT2D eigenvalue weighted by Crippen LogP contribution is 2.53. The molecule has 0 radical (unpaired) electrons. The number of fused-ring (bicyclic) bond motifs is 1. The van der Waals surface area contributed by atoms with Gasteiger partial charge in [-0.1, -0.05) is 114 Å². The summed E-state index contributed by atoms with van der Waals surface area (Å²) in [4.78, 5) is 14.5. The molecule has 7 rings (SSSR count). The number of anilines is 1. The molecule has 0 amide bonds. The molecule has 1 unspecified atom stereocenters. The van der Waals surface area contributed by atoms with E-state index in [4.69, 9.17) is 43.2 Å². The Hall–Kier alpha value is -4.43. The molecule has 320 valence electrons. The number of aromatic nitrogens is 4. The molecule has 2 aromatic heterocycles. The van der Waals surface area contributed by atoms with E-state index in [-0.39, 0.29) is 22.4 Å². The normalized spacial score (nSPS) is 22.3. The number of benzene rings is 3. The van der Waals surface area contributed by atoms with Gasteiger partial charge < -0.3 is 29.4 Å². The Kier molecular flexibility index (Phi) is 11.3. The van der Waals surface area contributed by atoms with E-state index < -0.39 is 56.3 Å². The molecule has 13 nitrogen and oxygen atoms in total. The highest BCUT2D eigenvalue weighted by molar-refractivity contribution is 7.90. The van der Waals surface area contributed by atoms with Crippen LogP contribution in [0, 0.1) is 0 Å². The van der Waals surface area contributed by atoms with Crippen molar-refractivity contribution in [1.82, 2.24) is 19.5 Å². The number of nitrogens with two attached hydrogens (primary N) is 1. The van der Waals surface area contributed by atoms with Gasteiger partial charge in [0.05, 0.1) is 31.1 Å². The molecule has 16 heteroatoms. The molecule has 0 aliphatic carbocycles. The lowest BCUT2D eigenvalue weighted by atomic mass is 9.77. The van der Waals surface area contributed by atoms with E-state index >= 15 is 0 Å². The van der Waals surface area contributed by atoms with E-state index in [1.54, 1.807) is 18.0 Å². The second-order valence-corrected chi connectivity index (χ2v) is 29.7. The number of nitrogens with zero attached hydrogens (tertiary/aromatic N) is 4. The fourth-order valence-corrected chi connectivity index (χ4v) is 11.0. The van der Waals surface area contributed by atoms with Gasteiger partial charge in [0.1, 0.15) is 29.8 Å². The van der Waals surface area contributed by atoms with Crippen LogP contribution in [0.3, 0.4) is 0 Å². The van der Waals surface area contributed by atoms with Crippen LogP contribution in [0.25, 0.3) is 11.2 Å². The van der Waals surface area contributed by atoms with E-state index in [2.05, 4.69) is 97.3 Å². The predicted molar refractivity (Wildman–Crippen MR) is 239 cm³/mol. The Morgan fingerprint density at radius 2 is 1.38 bits per heavy atom. The number of rotatable bonds is 12. The molecule has 4 heterocycles. The van der Waals surface area contributed by atoms with Crippen LogP contribution in [0.5, 0.6) is 5.75 Å². The lowest BCUT2D eigenvalue weighted by molar-refractivity contribution is -0.0535. The Bertz CT molecular complexity index is 2430. The van der Waals surface area contributed by atoms with E-state index in [1.165, 1.54) is 6.33 Å². The van der Waals surface area contributed by atoms with Crippen LogP contribution in [-0.4, -0.2) is 76.1 Å². The van der Waals surface area contributed by atoms with Crippen molar-refractivity contribution in [1.29, 1.82) is 0 Å². The summed E-state index contributed by atoms with van der Waals surface area (Å²) >= 11 is 0. The van der Waals surface area contributed by atoms with Crippen molar-refractivity contribution in [2.24, 2.45) is 5.73 Å². The second-order valence-electron chi connectivity index (χ2n) is 18.7. The van der Waals surface area contributed by atoms with E-state index in [0.717, 1.165) is 27.8 Å². The van der Waals surface area contributed by atoms with Crippen molar-refractivity contribution in [3.63, 3.8) is 0 Å². The average molecular weight is 871 g/mol. The number of ether oxygens (including phenoxy) is 2. The zero-order valence-corrected chi connectivity index (χ0v) is 39.2. The molecule has 1 spiro atoms. The largest absolute Gasteiger partial charge is 0.497 e. The molecule has 2 aliphatic heterocycles. The maximum Gasteiger partial charge on any atom is 0.292 e. The number of imidazole rings is 1. The molecule has 1 saturated heterocycles. The first kappa shape index (κ1) is 43.7. The summed E-state index contributed by atoms with van der Waals surface area (Å²) in [6, 6.07) is 28.3. The highest BCUT2D eigenvalue weighted by atomic mass is 32.2. The predicted octanol–water partition coefficient (Wildman–Crippen LogP) is 8.45. The first-order chi connectivity index (χ1) is 28.1. The Morgan fingerprint density at radius 1 is 0.817 bits per heavy atom. The molecular weight excluding hydrogens is 813 g/mol. The van der Waals surface area contributed by atoms with Crippen LogP contribution < -0.4 is 15.8 Å². The molecule has 60 heavy (non-hydrogen) atoms. The fourth-order valence-electron chi connectivity index (χ4n) is 7.46. The Morgan fingerprint density at radius 3 is 1.90 bits per heavy atom. The average Bonchev–Trinajstić information content (AvgIpc) is 3.83. The summed E-state index contributed by atoms with van der Waals surface area (Å²) in [6.45, 7) is 21.3. The minimum Gasteiger partial charge on any atom is -0.497 e. The summed E-state index contributed by atoms with van der Waals surface area (Å²) in [5, 5.41) is 4.40. The molecule has 0 bridgehead atoms. The molecule has 3 N–H and O–H groups in total. The molecule has 5 aromatic rings. The molecule has 2 aliphatic rings. The summed E-state index contributed by atoms with van der Waals surface area (Å²) in [5.74, 6) is 1.18. The Balaban J connectivity index is 1.40. The standard InChI is InChI=1S/C44H58N6O7SSi2/c1-41(2,3)59(8,9)54-26-35-44(34(45)27-58(51,52)57-44)37(56-60(10,11)42(4,5)6)40(55-35)50-29-48-36-38(46-28-47-39(36)50)49-43(30-18-14-12-15-19-30,31-20-16-13-17-21-31)32-22-24-33(53-7)25-23-32/h12-25,27-29,35,37,40H,26,45H2,1-11H3,(H,46,47,49)/t35-,37+,40-,44?/m1/s1. The van der Waals surface area contributed by atoms with E-state index in [1.807, 2.05) is 60.7 Å². The van der Waals surface area contributed by atoms with Crippen LogP contribution >= 0.6 is 0 Å². The third-order valence-corrected chi connectivity index (χ3v) is 23.0. The fraction of sp³-hybridized carbons (Fsp3) is 0.432. The topological polar surface area (TPSA) is 162 Å². The maximum atomic E-state index is 13.4. The van der Waals surface area contributed by atoms with E-state index in [9.17, 15) is 8.42 Å². The zero-order chi connectivity index (χ0) is 43.5. The van der Waals surface area contributed by atoms with Gasteiger partial charge in [-0.3, -0.25) is 4.57 Å². The van der Waals surface area contributed by atoms with Gasteiger partial charge in [-0.15, -0.1) is 0 Å². The van der Waals surface area contributed by atoms with Crippen LogP contribution in [0.15, 0.2) is 109 Å². The lowest BCUT2D eigenvalue weighted by Gasteiger charge is -2.43. The first-order valence-electron chi connectivity index (χ1n) is 20.2. The molecule has 1 fully saturated rings. The van der Waals surface area contributed by atoms with Crippen LogP contribution in [0.2, 0.25) is 36.3 Å². The van der Waals surface area contributed by atoms with Crippen molar-refractivity contribution in [2.75, 3.05) is 19.0 Å². The van der Waals surface area contributed by atoms with Crippen LogP contribution in [0.4, 0.5) is 5.82 Å². The van der Waals surface area contributed by atoms with Crippen molar-refractivity contribution >= 4 is 43.7 Å². The van der Waals surface area contributed by atoms with Crippen molar-refractivity contribution < 1.29 is 30.9 Å². The van der Waals surface area contributed by atoms with Gasteiger partial charge in [0.15, 0.2) is 45.4 Å². The SMILES string of the molecule is COc1ccc(C(Nc2ncnc3c2ncn3[C@@H]2O[C@H](CO[Si](C)(C)C(C)(C)C)C3(OS(=O)(=O)C=C3N)[C@H]2O[Si](C)(C)C(C)(C)C)(c2ccccc2)c2ccccc2)cc1. The summed E-state index contributed by atoms with van der Waals surface area (Å²) in [5.41, 5.74) is 7.82. The van der Waals surface area contributed by atoms with Gasteiger partial charge in [-0.05, 0) is 65.1 Å². The smallest absolute Gasteiger partial charge is 0.292 e. The Labute approximate surface area is 356 Å². The summed E-state index contributed by atoms with van der Waals surface area (Å²) in [6.07, 6.45) is 0.0986. The lowest BCUT2D eigenvalue weighted by Crippen LogP contribution is -2.59. The molecule has 3 aromatic carbocycles. The molecule has 4 atom stereocenters. The quantitative estimate of drug-likeness (QED) is 0.0700. The highest BCUT2D eigenvalue weighted by Gasteiger charge is 2.67. The van der Waals surface area contributed by atoms with Crippen molar-refractivity contribution in [3.8, 4) is 5.75 Å². The van der Waals surface area contributed by atoms with Crippen molar-refractivity contribution in [3.05, 3.63) is 125 Å². The summed E-state index contributed by atoms with van der Waals surface area (Å²) < 4.78 is 61.2. The zero-order valence-electron chi connectivity index (χ0n) is 36.4. The number of nitrogens with one attached hydrogen (secondary N) is 1. The minimum absolute atomic E-state index is 0.00561. The van der Waals surface area contributed by atoms with Gasteiger partial charge in [-0.2, -0.15) is 8.42 Å². The third-order valence-electron chi connectivity index (χ3n) is 12.9.